The molecule has 0 saturated heterocycles. The zero-order valence-corrected chi connectivity index (χ0v) is 36.8. The number of thiophene rings is 2. The van der Waals surface area contributed by atoms with Crippen LogP contribution in [-0.4, -0.2) is 44.7 Å². The van der Waals surface area contributed by atoms with Gasteiger partial charge in [0.25, 0.3) is 0 Å². The van der Waals surface area contributed by atoms with Crippen molar-refractivity contribution in [2.75, 3.05) is 0 Å². The number of benzene rings is 2. The average molecular weight is 889 g/mol. The minimum atomic E-state index is -0.474. The van der Waals surface area contributed by atoms with Crippen LogP contribution in [0.1, 0.15) is 105 Å². The number of hydrogen-bond acceptors (Lipinski definition) is 6. The van der Waals surface area contributed by atoms with Crippen molar-refractivity contribution in [2.45, 2.75) is 96.6 Å². The lowest BCUT2D eigenvalue weighted by atomic mass is 9.89. The molecule has 0 bridgehead atoms. The summed E-state index contributed by atoms with van der Waals surface area (Å²) in [5.74, 6) is 0.681. The fourth-order valence-electron chi connectivity index (χ4n) is 7.81. The van der Waals surface area contributed by atoms with Gasteiger partial charge in [-0.2, -0.15) is 0 Å². The van der Waals surface area contributed by atoms with Crippen molar-refractivity contribution in [2.24, 2.45) is 23.7 Å². The van der Waals surface area contributed by atoms with E-state index in [0.29, 0.717) is 22.9 Å². The molecule has 0 aliphatic heterocycles. The second kappa shape index (κ2) is 22.2. The van der Waals surface area contributed by atoms with Gasteiger partial charge in [0.05, 0.1) is 22.0 Å². The third kappa shape index (κ3) is 13.8. The molecule has 10 heteroatoms. The van der Waals surface area contributed by atoms with Gasteiger partial charge in [0.15, 0.2) is 11.6 Å². The minimum Gasteiger partial charge on any atom is -0.392 e. The number of halogens is 4. The largest absolute Gasteiger partial charge is 0.392 e. The summed E-state index contributed by atoms with van der Waals surface area (Å²) >= 11 is 28.3. The monoisotopic (exact) mass is 886 g/mol. The molecular formula is C47H54Cl4O4S2. The second-order valence-corrected chi connectivity index (χ2v) is 19.4. The van der Waals surface area contributed by atoms with E-state index < -0.39 is 6.10 Å². The number of hydrogen-bond donors (Lipinski definition) is 2. The van der Waals surface area contributed by atoms with Crippen molar-refractivity contribution in [3.05, 3.63) is 131 Å². The van der Waals surface area contributed by atoms with Gasteiger partial charge in [-0.3, -0.25) is 9.59 Å². The molecule has 306 valence electrons. The topological polar surface area (TPSA) is 74.6 Å². The molecule has 4 nitrogen and oxygen atoms in total. The highest BCUT2D eigenvalue weighted by Crippen LogP contribution is 2.41. The molecule has 6 rings (SSSR count). The zero-order valence-electron chi connectivity index (χ0n) is 32.1. The highest BCUT2D eigenvalue weighted by atomic mass is 35.5. The Morgan fingerprint density at radius 1 is 0.719 bits per heavy atom. The lowest BCUT2D eigenvalue weighted by Crippen LogP contribution is -2.18. The Kier molecular flexibility index (Phi) is 18.4. The summed E-state index contributed by atoms with van der Waals surface area (Å²) in [5, 5.41) is 22.1. The Morgan fingerprint density at radius 3 is 1.81 bits per heavy atom. The average Bonchev–Trinajstić information content (AvgIpc) is 3.90. The lowest BCUT2D eigenvalue weighted by Gasteiger charge is -2.20. The first-order chi connectivity index (χ1) is 26.7. The summed E-state index contributed by atoms with van der Waals surface area (Å²) in [5.41, 5.74) is 4.57. The van der Waals surface area contributed by atoms with Crippen molar-refractivity contribution >= 4 is 98.9 Å². The van der Waals surface area contributed by atoms with Crippen molar-refractivity contribution < 1.29 is 19.8 Å². The molecule has 2 fully saturated rings. The lowest BCUT2D eigenvalue weighted by molar-refractivity contribution is 0.101. The zero-order chi connectivity index (χ0) is 40.5. The van der Waals surface area contributed by atoms with Crippen LogP contribution in [0.3, 0.4) is 0 Å². The molecule has 57 heavy (non-hydrogen) atoms. The van der Waals surface area contributed by atoms with Crippen molar-refractivity contribution in [3.63, 3.8) is 0 Å². The number of aliphatic hydroxyl groups excluding tert-OH is 2. The summed E-state index contributed by atoms with van der Waals surface area (Å²) in [6, 6.07) is 19.6. The number of carbonyl (C=O) groups is 2. The number of Topliss-reactive ketones (excluding diaryl/α,β-unsaturated/α-hetero) is 2. The van der Waals surface area contributed by atoms with Gasteiger partial charge in [-0.05, 0) is 138 Å². The maximum absolute atomic E-state index is 11.5. The quantitative estimate of drug-likeness (QED) is 0.104. The smallest absolute Gasteiger partial charge is 0.169 e. The predicted octanol–water partition coefficient (Wildman–Crippen LogP) is 13.8. The van der Waals surface area contributed by atoms with Gasteiger partial charge in [0.1, 0.15) is 0 Å². The normalized spacial score (nSPS) is 24.6. The number of aryl methyl sites for hydroxylation is 3. The van der Waals surface area contributed by atoms with Crippen LogP contribution in [0.2, 0.25) is 10.0 Å². The molecule has 2 aromatic heterocycles. The number of alkyl halides is 2. The number of carbonyl (C=O) groups excluding carboxylic acids is 2. The van der Waals surface area contributed by atoms with E-state index >= 15 is 0 Å². The van der Waals surface area contributed by atoms with E-state index in [1.807, 2.05) is 48.6 Å². The third-order valence-electron chi connectivity index (χ3n) is 10.5. The minimum absolute atomic E-state index is 0. The molecule has 2 saturated carbocycles. The molecule has 0 unspecified atom stereocenters. The maximum Gasteiger partial charge on any atom is 0.169 e. The number of rotatable bonds is 13. The first-order valence-corrected chi connectivity index (χ1v) is 22.3. The third-order valence-corrected chi connectivity index (χ3v) is 14.4. The SMILES string of the molecule is C.CC(=O)c1ccc(/C=C/C[C@@H]2[C@@H](/C=C/c3cc(Cl)cc(Cl)c3)[C@H](O)C[C@H]2Cl)s1.CC(=O)c1ccc(CCC[C@@H]2[C@@H](/C=C/c3cc(C)cc(C)c3)[C@H](O)C[C@H]2Cl)s1. The molecular weight excluding hydrogens is 834 g/mol. The second-order valence-electron chi connectivity index (χ2n) is 15.1. The summed E-state index contributed by atoms with van der Waals surface area (Å²) < 4.78 is 0. The van der Waals surface area contributed by atoms with Crippen LogP contribution >= 0.6 is 69.1 Å². The molecule has 8 atom stereocenters. The van der Waals surface area contributed by atoms with Crippen molar-refractivity contribution in [3.8, 4) is 0 Å². The van der Waals surface area contributed by atoms with E-state index in [0.717, 1.165) is 45.9 Å². The standard InChI is InChI=1S/C24H29ClO2S.C22H21Cl3O2S.CH4/c1-15-11-16(2)13-18(12-15)7-9-21-20(22(25)14-23(21)27)6-4-5-19-8-10-24(28-19)17(3)26;1-13(26)22-8-6-17(28-22)3-2-4-18-19(21(27)12-20(18)25)7-5-14-9-15(23)11-16(24)10-14;/h7-13,20-23,27H,4-6,14H2,1-3H3;2-3,5-11,18-21,27H,4,12H2,1H3;1H4/b9-7+;3-2+,7-5+;/t20-,21-,22-,23-;18-,19-,20-,21-;/m11./s1. The Morgan fingerprint density at radius 2 is 1.25 bits per heavy atom. The molecule has 0 amide bonds. The first kappa shape index (κ1) is 47.2. The van der Waals surface area contributed by atoms with E-state index in [2.05, 4.69) is 56.3 Å². The molecule has 4 aromatic rings. The van der Waals surface area contributed by atoms with Crippen LogP contribution in [0.25, 0.3) is 18.2 Å². The van der Waals surface area contributed by atoms with Gasteiger partial charge in [0.2, 0.25) is 0 Å². The number of allylic oxidation sites excluding steroid dienone is 1. The van der Waals surface area contributed by atoms with E-state index in [1.54, 1.807) is 31.3 Å². The summed E-state index contributed by atoms with van der Waals surface area (Å²) in [4.78, 5) is 26.7. The molecule has 2 heterocycles. The van der Waals surface area contributed by atoms with Crippen LogP contribution in [0, 0.1) is 37.5 Å². The molecule has 0 spiro atoms. The van der Waals surface area contributed by atoms with Crippen LogP contribution in [0.15, 0.2) is 78.9 Å². The Balaban J connectivity index is 0.000000248. The Labute approximate surface area is 367 Å². The van der Waals surface area contributed by atoms with E-state index in [9.17, 15) is 19.8 Å². The summed E-state index contributed by atoms with van der Waals surface area (Å²) in [6.45, 7) is 7.39. The van der Waals surface area contributed by atoms with Gasteiger partial charge >= 0.3 is 0 Å². The highest BCUT2D eigenvalue weighted by molar-refractivity contribution is 7.15. The highest BCUT2D eigenvalue weighted by Gasteiger charge is 2.40. The van der Waals surface area contributed by atoms with Crippen molar-refractivity contribution in [1.82, 2.24) is 0 Å². The molecule has 0 radical (unpaired) electrons. The molecule has 2 aliphatic carbocycles. The summed E-state index contributed by atoms with van der Waals surface area (Å²) in [7, 11) is 0. The van der Waals surface area contributed by atoms with Gasteiger partial charge in [-0.1, -0.05) is 90.3 Å². The van der Waals surface area contributed by atoms with Crippen molar-refractivity contribution in [1.29, 1.82) is 0 Å². The first-order valence-electron chi connectivity index (χ1n) is 19.1. The summed E-state index contributed by atoms with van der Waals surface area (Å²) in [6.07, 6.45) is 16.4. The van der Waals surface area contributed by atoms with E-state index in [4.69, 9.17) is 46.4 Å². The van der Waals surface area contributed by atoms with E-state index in [1.165, 1.54) is 32.9 Å². The molecule has 2 aromatic carbocycles. The maximum atomic E-state index is 11.5. The van der Waals surface area contributed by atoms with Crippen LogP contribution in [0.5, 0.6) is 0 Å². The van der Waals surface area contributed by atoms with Crippen LogP contribution < -0.4 is 0 Å². The Hall–Kier alpha value is -2.52. The Bertz CT molecular complexity index is 2010. The van der Waals surface area contributed by atoms with Crippen LogP contribution in [0.4, 0.5) is 0 Å². The van der Waals surface area contributed by atoms with Gasteiger partial charge in [-0.15, -0.1) is 45.9 Å². The van der Waals surface area contributed by atoms with E-state index in [-0.39, 0.29) is 59.5 Å². The van der Waals surface area contributed by atoms with Gasteiger partial charge < -0.3 is 10.2 Å². The number of aliphatic hydroxyl groups is 2. The molecule has 2 aliphatic rings. The fraction of sp³-hybridized carbons (Fsp3) is 0.404. The predicted molar refractivity (Wildman–Crippen MR) is 247 cm³/mol. The fourth-order valence-corrected chi connectivity index (χ4v) is 11.1. The van der Waals surface area contributed by atoms with Gasteiger partial charge in [-0.25, -0.2) is 0 Å². The van der Waals surface area contributed by atoms with Crippen LogP contribution in [-0.2, 0) is 6.42 Å². The number of ketones is 2. The van der Waals surface area contributed by atoms with Gasteiger partial charge in [0, 0.05) is 42.4 Å². The molecule has 2 N–H and O–H groups in total.